The zero-order valence-corrected chi connectivity index (χ0v) is 13.7. The fraction of sp³-hybridized carbons (Fsp3) is 0.643. The number of ketones is 1. The third kappa shape index (κ3) is 4.55. The van der Waals surface area contributed by atoms with Gasteiger partial charge in [0.05, 0.1) is 6.26 Å². The van der Waals surface area contributed by atoms with Crippen molar-refractivity contribution in [2.24, 2.45) is 0 Å². The molecule has 114 valence electrons. The van der Waals surface area contributed by atoms with Gasteiger partial charge < -0.3 is 17.7 Å². The summed E-state index contributed by atoms with van der Waals surface area (Å²) >= 11 is 0. The van der Waals surface area contributed by atoms with Gasteiger partial charge in [-0.3, -0.25) is 4.79 Å². The lowest BCUT2D eigenvalue weighted by atomic mass is 10.1. The second-order valence-electron chi connectivity index (χ2n) is 4.31. The zero-order chi connectivity index (χ0) is 15.0. The van der Waals surface area contributed by atoms with Gasteiger partial charge in [0.25, 0.3) is 0 Å². The molecule has 1 rings (SSSR count). The van der Waals surface area contributed by atoms with E-state index in [2.05, 4.69) is 0 Å². The Morgan fingerprint density at radius 3 is 2.15 bits per heavy atom. The van der Waals surface area contributed by atoms with Crippen molar-refractivity contribution in [1.82, 2.24) is 0 Å². The van der Waals surface area contributed by atoms with Crippen molar-refractivity contribution < 1.29 is 22.5 Å². The molecule has 20 heavy (non-hydrogen) atoms. The number of rotatable bonds is 10. The fourth-order valence-electron chi connectivity index (χ4n) is 2.13. The fourth-order valence-corrected chi connectivity index (χ4v) is 4.71. The molecule has 0 N–H and O–H groups in total. The summed E-state index contributed by atoms with van der Waals surface area (Å²) < 4.78 is 22.6. The number of Topliss-reactive ketones (excluding diaryl/α,β-unsaturated/α-hetero) is 1. The molecular formula is C14H24O5Si. The molecule has 1 heterocycles. The summed E-state index contributed by atoms with van der Waals surface area (Å²) in [5.41, 5.74) is 0.883. The van der Waals surface area contributed by atoms with Crippen LogP contribution in [-0.2, 0) is 19.7 Å². The first kappa shape index (κ1) is 17.1. The van der Waals surface area contributed by atoms with E-state index in [9.17, 15) is 4.79 Å². The quantitative estimate of drug-likeness (QED) is 0.491. The molecule has 0 unspecified atom stereocenters. The van der Waals surface area contributed by atoms with Crippen LogP contribution in [0, 0.1) is 0 Å². The first-order valence-electron chi connectivity index (χ1n) is 7.07. The van der Waals surface area contributed by atoms with Crippen LogP contribution in [0.25, 0.3) is 0 Å². The van der Waals surface area contributed by atoms with Crippen molar-refractivity contribution >= 4 is 14.6 Å². The van der Waals surface area contributed by atoms with Crippen LogP contribution in [0.5, 0.6) is 0 Å². The van der Waals surface area contributed by atoms with Crippen molar-refractivity contribution in [2.75, 3.05) is 19.8 Å². The number of furan rings is 1. The van der Waals surface area contributed by atoms with E-state index in [1.165, 1.54) is 13.2 Å². The van der Waals surface area contributed by atoms with E-state index in [0.29, 0.717) is 38.0 Å². The lowest BCUT2D eigenvalue weighted by Gasteiger charge is -2.28. The summed E-state index contributed by atoms with van der Waals surface area (Å²) in [5.74, 6) is 0.346. The average molecular weight is 300 g/mol. The van der Waals surface area contributed by atoms with Crippen molar-refractivity contribution in [3.63, 3.8) is 0 Å². The molecule has 5 nitrogen and oxygen atoms in total. The summed E-state index contributed by atoms with van der Waals surface area (Å²) in [6.07, 6.45) is 2.19. The smallest absolute Gasteiger partial charge is 0.461 e. The predicted molar refractivity (Wildman–Crippen MR) is 77.9 cm³/mol. The third-order valence-electron chi connectivity index (χ3n) is 2.86. The van der Waals surface area contributed by atoms with Crippen molar-refractivity contribution in [3.05, 3.63) is 23.7 Å². The molecule has 0 aliphatic carbocycles. The molecular weight excluding hydrogens is 276 g/mol. The highest BCUT2D eigenvalue weighted by molar-refractivity contribution is 6.60. The molecule has 0 radical (unpaired) electrons. The zero-order valence-electron chi connectivity index (χ0n) is 12.7. The molecule has 0 saturated heterocycles. The van der Waals surface area contributed by atoms with Crippen molar-refractivity contribution in [2.45, 2.75) is 40.2 Å². The Morgan fingerprint density at radius 1 is 1.15 bits per heavy atom. The number of carbonyl (C=O) groups is 1. The Balaban J connectivity index is 2.78. The normalized spacial score (nSPS) is 11.8. The first-order chi connectivity index (χ1) is 9.58. The Labute approximate surface area is 121 Å². The predicted octanol–water partition coefficient (Wildman–Crippen LogP) is 3.07. The van der Waals surface area contributed by atoms with Gasteiger partial charge in [-0.15, -0.1) is 0 Å². The van der Waals surface area contributed by atoms with Crippen LogP contribution in [0.1, 0.15) is 43.8 Å². The molecule has 1 aromatic rings. The molecule has 0 spiro atoms. The topological polar surface area (TPSA) is 57.9 Å². The van der Waals surface area contributed by atoms with E-state index in [0.717, 1.165) is 5.56 Å². The molecule has 6 heteroatoms. The standard InChI is InChI=1S/C14H24O5Si/c1-5-17-20(18-6-2,19-7-3)11-9-13-8-10-16-14(13)12(4)15/h8,10H,5-7,9,11H2,1-4H3. The van der Waals surface area contributed by atoms with Gasteiger partial charge in [0.2, 0.25) is 0 Å². The van der Waals surface area contributed by atoms with E-state index in [1.807, 2.05) is 26.8 Å². The monoisotopic (exact) mass is 300 g/mol. The van der Waals surface area contributed by atoms with Crippen LogP contribution in [-0.4, -0.2) is 34.4 Å². The van der Waals surface area contributed by atoms with Crippen LogP contribution in [0.15, 0.2) is 16.7 Å². The van der Waals surface area contributed by atoms with E-state index >= 15 is 0 Å². The van der Waals surface area contributed by atoms with Gasteiger partial charge in [0, 0.05) is 38.4 Å². The minimum Gasteiger partial charge on any atom is -0.461 e. The van der Waals surface area contributed by atoms with Crippen LogP contribution in [0.4, 0.5) is 0 Å². The van der Waals surface area contributed by atoms with Gasteiger partial charge >= 0.3 is 8.80 Å². The minimum absolute atomic E-state index is 0.0681. The maximum absolute atomic E-state index is 11.5. The highest BCUT2D eigenvalue weighted by atomic mass is 28.4. The summed E-state index contributed by atoms with van der Waals surface area (Å²) in [4.78, 5) is 11.5. The van der Waals surface area contributed by atoms with Gasteiger partial charge in [0.1, 0.15) is 0 Å². The number of carbonyl (C=O) groups excluding carboxylic acids is 1. The minimum atomic E-state index is -2.66. The van der Waals surface area contributed by atoms with Gasteiger partial charge in [-0.25, -0.2) is 0 Å². The summed E-state index contributed by atoms with van der Waals surface area (Å²) in [5, 5.41) is 0. The molecule has 0 aliphatic rings. The highest BCUT2D eigenvalue weighted by Crippen LogP contribution is 2.22. The van der Waals surface area contributed by atoms with E-state index in [4.69, 9.17) is 17.7 Å². The van der Waals surface area contributed by atoms with Crippen LogP contribution in [0.3, 0.4) is 0 Å². The molecule has 0 bridgehead atoms. The average Bonchev–Trinajstić information content (AvgIpc) is 2.86. The Kier molecular flexibility index (Phi) is 7.15. The van der Waals surface area contributed by atoms with Gasteiger partial charge in [0.15, 0.2) is 11.5 Å². The Morgan fingerprint density at radius 2 is 1.70 bits per heavy atom. The lowest BCUT2D eigenvalue weighted by molar-refractivity contribution is 0.0713. The number of hydrogen-bond donors (Lipinski definition) is 0. The third-order valence-corrected chi connectivity index (χ3v) is 5.91. The Bertz CT molecular complexity index is 398. The van der Waals surface area contributed by atoms with Crippen LogP contribution < -0.4 is 0 Å². The van der Waals surface area contributed by atoms with Crippen LogP contribution in [0.2, 0.25) is 6.04 Å². The van der Waals surface area contributed by atoms with Gasteiger partial charge in [-0.1, -0.05) is 0 Å². The summed E-state index contributed by atoms with van der Waals surface area (Å²) in [6, 6.07) is 2.46. The number of hydrogen-bond acceptors (Lipinski definition) is 5. The maximum atomic E-state index is 11.5. The summed E-state index contributed by atoms with van der Waals surface area (Å²) in [6.45, 7) is 8.95. The Hall–Kier alpha value is -0.953. The van der Waals surface area contributed by atoms with Gasteiger partial charge in [-0.05, 0) is 33.3 Å². The first-order valence-corrected chi connectivity index (χ1v) is 9.00. The number of aryl methyl sites for hydroxylation is 1. The van der Waals surface area contributed by atoms with E-state index in [-0.39, 0.29) is 5.78 Å². The van der Waals surface area contributed by atoms with E-state index in [1.54, 1.807) is 0 Å². The molecule has 0 aliphatic heterocycles. The molecule has 0 atom stereocenters. The second kappa shape index (κ2) is 8.36. The lowest BCUT2D eigenvalue weighted by Crippen LogP contribution is -2.46. The largest absolute Gasteiger partial charge is 0.501 e. The molecule has 0 saturated carbocycles. The van der Waals surface area contributed by atoms with Crippen molar-refractivity contribution in [1.29, 1.82) is 0 Å². The molecule has 0 fully saturated rings. The van der Waals surface area contributed by atoms with E-state index < -0.39 is 8.80 Å². The van der Waals surface area contributed by atoms with Gasteiger partial charge in [-0.2, -0.15) is 0 Å². The summed E-state index contributed by atoms with van der Waals surface area (Å²) in [7, 11) is -2.66. The highest BCUT2D eigenvalue weighted by Gasteiger charge is 2.40. The van der Waals surface area contributed by atoms with Crippen molar-refractivity contribution in [3.8, 4) is 0 Å². The molecule has 0 amide bonds. The SMILES string of the molecule is CCO[Si](CCc1ccoc1C(C)=O)(OCC)OCC. The molecule has 1 aromatic heterocycles. The molecule has 0 aromatic carbocycles. The second-order valence-corrected chi connectivity index (χ2v) is 7.05. The maximum Gasteiger partial charge on any atom is 0.501 e. The van der Waals surface area contributed by atoms with Crippen LogP contribution >= 0.6 is 0 Å².